The minimum atomic E-state index is -0.237. The lowest BCUT2D eigenvalue weighted by molar-refractivity contribution is 0.102. The summed E-state index contributed by atoms with van der Waals surface area (Å²) in [5.41, 5.74) is 5.09. The van der Waals surface area contributed by atoms with E-state index in [-0.39, 0.29) is 5.91 Å². The van der Waals surface area contributed by atoms with Gasteiger partial charge in [-0.1, -0.05) is 30.3 Å². The van der Waals surface area contributed by atoms with Crippen LogP contribution in [0.5, 0.6) is 0 Å². The Morgan fingerprint density at radius 3 is 2.52 bits per heavy atom. The van der Waals surface area contributed by atoms with Crippen molar-refractivity contribution in [3.05, 3.63) is 78.1 Å². The molecule has 6 heteroatoms. The topological polar surface area (TPSA) is 66.5 Å². The molecule has 0 spiro atoms. The zero-order chi connectivity index (χ0) is 20.1. The summed E-state index contributed by atoms with van der Waals surface area (Å²) in [4.78, 5) is 19.4. The van der Waals surface area contributed by atoms with Gasteiger partial charge in [-0.25, -0.2) is 0 Å². The van der Waals surface area contributed by atoms with E-state index in [2.05, 4.69) is 20.5 Å². The zero-order valence-corrected chi connectivity index (χ0v) is 16.4. The Morgan fingerprint density at radius 1 is 1.00 bits per heavy atom. The lowest BCUT2D eigenvalue weighted by Crippen LogP contribution is -2.36. The number of para-hydroxylation sites is 3. The first-order valence-corrected chi connectivity index (χ1v) is 9.72. The number of rotatable bonds is 5. The first-order valence-electron chi connectivity index (χ1n) is 9.72. The predicted molar refractivity (Wildman–Crippen MR) is 116 cm³/mol. The number of aromatic nitrogens is 1. The minimum absolute atomic E-state index is 0.237. The van der Waals surface area contributed by atoms with Crippen molar-refractivity contribution in [2.45, 2.75) is 6.92 Å². The van der Waals surface area contributed by atoms with E-state index in [1.165, 1.54) is 0 Å². The van der Waals surface area contributed by atoms with Gasteiger partial charge in [0.25, 0.3) is 5.91 Å². The molecule has 0 bridgehead atoms. The molecule has 1 aromatic heterocycles. The number of anilines is 4. The summed E-state index contributed by atoms with van der Waals surface area (Å²) in [5.74, 6) is -0.237. The zero-order valence-electron chi connectivity index (χ0n) is 16.4. The summed E-state index contributed by atoms with van der Waals surface area (Å²) in [7, 11) is 0. The fourth-order valence-electron chi connectivity index (χ4n) is 3.35. The molecule has 4 rings (SSSR count). The second-order valence-electron chi connectivity index (χ2n) is 6.94. The van der Waals surface area contributed by atoms with Crippen molar-refractivity contribution < 1.29 is 9.53 Å². The van der Waals surface area contributed by atoms with Crippen molar-refractivity contribution in [2.75, 3.05) is 41.8 Å². The summed E-state index contributed by atoms with van der Waals surface area (Å²) in [6.07, 6.45) is 1.64. The molecule has 2 aromatic carbocycles. The van der Waals surface area contributed by atoms with Crippen LogP contribution in [0.1, 0.15) is 16.1 Å². The van der Waals surface area contributed by atoms with Gasteiger partial charge in [-0.15, -0.1) is 0 Å². The third-order valence-electron chi connectivity index (χ3n) is 4.92. The molecule has 0 aliphatic carbocycles. The van der Waals surface area contributed by atoms with E-state index in [4.69, 9.17) is 4.74 Å². The summed E-state index contributed by atoms with van der Waals surface area (Å²) in [5, 5.41) is 6.37. The van der Waals surface area contributed by atoms with Gasteiger partial charge in [0.05, 0.1) is 24.6 Å². The number of morpholine rings is 1. The molecule has 1 aliphatic rings. The second kappa shape index (κ2) is 8.75. The number of ether oxygens (including phenoxy) is 1. The fourth-order valence-corrected chi connectivity index (χ4v) is 3.35. The first kappa shape index (κ1) is 19.0. The van der Waals surface area contributed by atoms with Gasteiger partial charge in [0, 0.05) is 30.7 Å². The molecule has 2 heterocycles. The molecule has 3 aromatic rings. The highest BCUT2D eigenvalue weighted by atomic mass is 16.5. The Labute approximate surface area is 170 Å². The predicted octanol–water partition coefficient (Wildman–Crippen LogP) is 4.22. The third-order valence-corrected chi connectivity index (χ3v) is 4.92. The molecule has 1 aliphatic heterocycles. The van der Waals surface area contributed by atoms with Gasteiger partial charge in [0.2, 0.25) is 0 Å². The van der Waals surface area contributed by atoms with E-state index < -0.39 is 0 Å². The largest absolute Gasteiger partial charge is 0.378 e. The maximum atomic E-state index is 12.9. The summed E-state index contributed by atoms with van der Waals surface area (Å²) in [6.45, 7) is 5.04. The van der Waals surface area contributed by atoms with Crippen molar-refractivity contribution in [1.29, 1.82) is 0 Å². The molecule has 148 valence electrons. The Kier molecular flexibility index (Phi) is 5.72. The van der Waals surface area contributed by atoms with Crippen LogP contribution < -0.4 is 15.5 Å². The monoisotopic (exact) mass is 388 g/mol. The van der Waals surface area contributed by atoms with Crippen molar-refractivity contribution in [1.82, 2.24) is 4.98 Å². The van der Waals surface area contributed by atoms with Crippen molar-refractivity contribution in [3.63, 3.8) is 0 Å². The highest BCUT2D eigenvalue weighted by Gasteiger charge is 2.17. The number of nitrogens with one attached hydrogen (secondary N) is 2. The molecule has 0 unspecified atom stereocenters. The third kappa shape index (κ3) is 4.55. The van der Waals surface area contributed by atoms with Crippen LogP contribution in [-0.2, 0) is 4.74 Å². The fraction of sp³-hybridized carbons (Fsp3) is 0.217. The summed E-state index contributed by atoms with van der Waals surface area (Å²) >= 11 is 0. The van der Waals surface area contributed by atoms with E-state index in [1.807, 2.05) is 61.5 Å². The molecular weight excluding hydrogens is 364 g/mol. The molecule has 1 amide bonds. The van der Waals surface area contributed by atoms with Crippen LogP contribution in [0, 0.1) is 6.92 Å². The molecule has 0 saturated carbocycles. The van der Waals surface area contributed by atoms with Gasteiger partial charge >= 0.3 is 0 Å². The van der Waals surface area contributed by atoms with E-state index >= 15 is 0 Å². The molecule has 6 nitrogen and oxygen atoms in total. The number of carbonyl (C=O) groups is 1. The first-order chi connectivity index (χ1) is 14.2. The quantitative estimate of drug-likeness (QED) is 0.685. The minimum Gasteiger partial charge on any atom is -0.378 e. The summed E-state index contributed by atoms with van der Waals surface area (Å²) < 4.78 is 5.44. The number of benzene rings is 2. The average molecular weight is 388 g/mol. The number of carbonyl (C=O) groups excluding carboxylic acids is 1. The number of amides is 1. The SMILES string of the molecule is Cc1ccccc1Nc1ccnc(C(=O)Nc2ccccc2N2CCOCC2)c1. The van der Waals surface area contributed by atoms with E-state index in [9.17, 15) is 4.79 Å². The number of nitrogens with zero attached hydrogens (tertiary/aromatic N) is 2. The summed E-state index contributed by atoms with van der Waals surface area (Å²) in [6, 6.07) is 19.5. The highest BCUT2D eigenvalue weighted by molar-refractivity contribution is 6.05. The molecule has 1 fully saturated rings. The van der Waals surface area contributed by atoms with Crippen LogP contribution in [-0.4, -0.2) is 37.2 Å². The normalized spacial score (nSPS) is 13.8. The molecule has 29 heavy (non-hydrogen) atoms. The van der Waals surface area contributed by atoms with Crippen LogP contribution in [0.25, 0.3) is 0 Å². The lowest BCUT2D eigenvalue weighted by atomic mass is 10.2. The Balaban J connectivity index is 1.52. The standard InChI is InChI=1S/C23H24N4O2/c1-17-6-2-3-7-19(17)25-18-10-11-24-21(16-18)23(28)26-20-8-4-5-9-22(20)27-12-14-29-15-13-27/h2-11,16H,12-15H2,1H3,(H,24,25)(H,26,28). The van der Waals surface area contributed by atoms with E-state index in [1.54, 1.807) is 12.3 Å². The van der Waals surface area contributed by atoms with E-state index in [0.717, 1.165) is 41.4 Å². The average Bonchev–Trinajstić information content (AvgIpc) is 2.76. The second-order valence-corrected chi connectivity index (χ2v) is 6.94. The van der Waals surface area contributed by atoms with Crippen LogP contribution in [0.3, 0.4) is 0 Å². The van der Waals surface area contributed by atoms with Crippen molar-refractivity contribution in [3.8, 4) is 0 Å². The van der Waals surface area contributed by atoms with Crippen LogP contribution >= 0.6 is 0 Å². The molecule has 0 radical (unpaired) electrons. The van der Waals surface area contributed by atoms with Crippen LogP contribution in [0.15, 0.2) is 66.9 Å². The number of pyridine rings is 1. The Bertz CT molecular complexity index is 999. The van der Waals surface area contributed by atoms with Crippen LogP contribution in [0.2, 0.25) is 0 Å². The number of hydrogen-bond donors (Lipinski definition) is 2. The maximum Gasteiger partial charge on any atom is 0.274 e. The number of hydrogen-bond acceptors (Lipinski definition) is 5. The van der Waals surface area contributed by atoms with Crippen LogP contribution in [0.4, 0.5) is 22.7 Å². The molecule has 2 N–H and O–H groups in total. The Morgan fingerprint density at radius 2 is 1.72 bits per heavy atom. The van der Waals surface area contributed by atoms with Gasteiger partial charge in [-0.2, -0.15) is 0 Å². The Hall–Kier alpha value is -3.38. The van der Waals surface area contributed by atoms with E-state index in [0.29, 0.717) is 18.9 Å². The molecule has 0 atom stereocenters. The molecular formula is C23H24N4O2. The highest BCUT2D eigenvalue weighted by Crippen LogP contribution is 2.27. The van der Waals surface area contributed by atoms with Gasteiger partial charge in [-0.05, 0) is 42.8 Å². The van der Waals surface area contributed by atoms with Gasteiger partial charge < -0.3 is 20.3 Å². The van der Waals surface area contributed by atoms with Gasteiger partial charge in [-0.3, -0.25) is 9.78 Å². The lowest BCUT2D eigenvalue weighted by Gasteiger charge is -2.30. The number of aryl methyl sites for hydroxylation is 1. The van der Waals surface area contributed by atoms with Gasteiger partial charge in [0.15, 0.2) is 0 Å². The maximum absolute atomic E-state index is 12.9. The van der Waals surface area contributed by atoms with Crippen molar-refractivity contribution in [2.24, 2.45) is 0 Å². The smallest absolute Gasteiger partial charge is 0.274 e. The van der Waals surface area contributed by atoms with Crippen molar-refractivity contribution >= 4 is 28.7 Å². The van der Waals surface area contributed by atoms with Gasteiger partial charge in [0.1, 0.15) is 5.69 Å². The molecule has 1 saturated heterocycles.